The molecule has 1 aromatic carbocycles. The molecule has 4 atom stereocenters. The lowest BCUT2D eigenvalue weighted by atomic mass is 10.1. The number of hydrogen-bond acceptors (Lipinski definition) is 12. The van der Waals surface area contributed by atoms with Gasteiger partial charge < -0.3 is 49.6 Å². The Hall–Kier alpha value is -3.04. The van der Waals surface area contributed by atoms with Gasteiger partial charge in [0, 0.05) is 18.2 Å². The number of fused-ring (bicyclic) bond motifs is 1. The van der Waals surface area contributed by atoms with Crippen LogP contribution < -0.4 is 14.8 Å². The van der Waals surface area contributed by atoms with Crippen LogP contribution in [0.2, 0.25) is 0 Å². The first-order chi connectivity index (χ1) is 16.2. The summed E-state index contributed by atoms with van der Waals surface area (Å²) in [4.78, 5) is 32.8. The Morgan fingerprint density at radius 3 is 2.71 bits per heavy atom. The van der Waals surface area contributed by atoms with Crippen LogP contribution >= 0.6 is 7.82 Å². The first-order valence-electron chi connectivity index (χ1n) is 9.82. The number of phenolic OH excluding ortho intramolecular Hbond substituents is 1. The van der Waals surface area contributed by atoms with Gasteiger partial charge in [0.2, 0.25) is 6.29 Å². The van der Waals surface area contributed by atoms with Crippen molar-refractivity contribution in [3.05, 3.63) is 30.4 Å². The molecule has 3 heterocycles. The largest absolute Gasteiger partial charge is 0.504 e. The van der Waals surface area contributed by atoms with Gasteiger partial charge in [-0.25, -0.2) is 19.5 Å². The van der Waals surface area contributed by atoms with Crippen molar-refractivity contribution in [3.63, 3.8) is 0 Å². The van der Waals surface area contributed by atoms with Crippen LogP contribution in [0.5, 0.6) is 17.2 Å². The minimum absolute atomic E-state index is 0.119. The number of imidazole rings is 1. The van der Waals surface area contributed by atoms with Gasteiger partial charge in [-0.1, -0.05) is 0 Å². The van der Waals surface area contributed by atoms with Gasteiger partial charge in [-0.15, -0.1) is 0 Å². The second-order valence-corrected chi connectivity index (χ2v) is 8.48. The smallest absolute Gasteiger partial charge is 0.469 e. The molecule has 0 saturated carbocycles. The molecule has 16 heteroatoms. The third-order valence-corrected chi connectivity index (χ3v) is 5.49. The zero-order chi connectivity index (χ0) is 24.5. The van der Waals surface area contributed by atoms with E-state index in [1.165, 1.54) is 31.9 Å². The minimum Gasteiger partial charge on any atom is -0.504 e. The summed E-state index contributed by atoms with van der Waals surface area (Å²) in [6, 6.07) is 2.73. The summed E-state index contributed by atoms with van der Waals surface area (Å²) in [6.07, 6.45) is -3.00. The predicted molar refractivity (Wildman–Crippen MR) is 113 cm³/mol. The number of aliphatic hydroxyl groups is 2. The predicted octanol–water partition coefficient (Wildman–Crippen LogP) is -0.386. The van der Waals surface area contributed by atoms with E-state index in [0.717, 1.165) is 0 Å². The number of aromatic nitrogens is 4. The first-order valence-corrected chi connectivity index (χ1v) is 11.4. The summed E-state index contributed by atoms with van der Waals surface area (Å²) in [7, 11) is -3.39. The molecule has 15 nitrogen and oxygen atoms in total. The summed E-state index contributed by atoms with van der Waals surface area (Å²) in [6.45, 7) is -0.486. The summed E-state index contributed by atoms with van der Waals surface area (Å²) < 4.78 is 31.3. The number of rotatable bonds is 9. The van der Waals surface area contributed by atoms with Crippen LogP contribution in [0, 0.1) is 0 Å². The molecule has 3 aromatic rings. The second-order valence-electron chi connectivity index (χ2n) is 7.24. The van der Waals surface area contributed by atoms with E-state index in [1.54, 1.807) is 0 Å². The van der Waals surface area contributed by atoms with Crippen molar-refractivity contribution in [2.75, 3.05) is 19.0 Å². The molecular formula is C18H22N5O10P. The van der Waals surface area contributed by atoms with E-state index in [1.807, 2.05) is 0 Å². The summed E-state index contributed by atoms with van der Waals surface area (Å²) in [5.41, 5.74) is 1.63. The molecule has 4 rings (SSSR count). The lowest BCUT2D eigenvalue weighted by molar-refractivity contribution is -0.116. The normalized spacial score (nSPS) is 22.7. The highest BCUT2D eigenvalue weighted by Crippen LogP contribution is 2.39. The van der Waals surface area contributed by atoms with Crippen molar-refractivity contribution in [2.24, 2.45) is 0 Å². The number of benzene rings is 1. The number of hydrogen-bond donors (Lipinski definition) is 7. The molecule has 0 bridgehead atoms. The van der Waals surface area contributed by atoms with E-state index in [4.69, 9.17) is 24.0 Å². The van der Waals surface area contributed by atoms with Crippen molar-refractivity contribution >= 4 is 24.8 Å². The number of ether oxygens (including phenoxy) is 3. The van der Waals surface area contributed by atoms with Crippen molar-refractivity contribution in [1.82, 2.24) is 19.9 Å². The van der Waals surface area contributed by atoms with E-state index >= 15 is 0 Å². The van der Waals surface area contributed by atoms with Crippen LogP contribution in [0.3, 0.4) is 0 Å². The summed E-state index contributed by atoms with van der Waals surface area (Å²) >= 11 is 0. The van der Waals surface area contributed by atoms with Crippen molar-refractivity contribution in [3.8, 4) is 17.2 Å². The summed E-state index contributed by atoms with van der Waals surface area (Å²) in [5, 5.41) is 33.8. The van der Waals surface area contributed by atoms with Gasteiger partial charge >= 0.3 is 7.82 Å². The lowest BCUT2D eigenvalue weighted by Crippen LogP contribution is -2.35. The molecule has 1 unspecified atom stereocenters. The van der Waals surface area contributed by atoms with Crippen LogP contribution in [-0.2, 0) is 20.4 Å². The molecule has 1 aliphatic rings. The molecule has 1 saturated heterocycles. The number of aromatic amines is 1. The van der Waals surface area contributed by atoms with Gasteiger partial charge in [0.15, 0.2) is 23.0 Å². The Morgan fingerprint density at radius 1 is 1.18 bits per heavy atom. The fourth-order valence-electron chi connectivity index (χ4n) is 3.34. The molecule has 0 amide bonds. The zero-order valence-corrected chi connectivity index (χ0v) is 18.5. The second kappa shape index (κ2) is 9.68. The molecule has 0 aliphatic carbocycles. The van der Waals surface area contributed by atoms with Crippen LogP contribution in [0.4, 0.5) is 5.82 Å². The number of nitrogens with one attached hydrogen (secondary N) is 2. The van der Waals surface area contributed by atoms with Crippen LogP contribution in [0.1, 0.15) is 5.56 Å². The van der Waals surface area contributed by atoms with Crippen molar-refractivity contribution in [2.45, 2.75) is 31.1 Å². The number of phenols is 1. The number of anilines is 1. The number of phosphoric ester groups is 1. The third kappa shape index (κ3) is 5.20. The Bertz CT molecular complexity index is 1200. The number of phosphoric acid groups is 1. The Labute approximate surface area is 191 Å². The number of H-pyrrole nitrogens is 1. The highest BCUT2D eigenvalue weighted by Gasteiger charge is 2.45. The monoisotopic (exact) mass is 499 g/mol. The average molecular weight is 499 g/mol. The van der Waals surface area contributed by atoms with Gasteiger partial charge in [0.1, 0.15) is 35.9 Å². The molecule has 1 aliphatic heterocycles. The lowest BCUT2D eigenvalue weighted by Gasteiger charge is -2.19. The molecule has 7 N–H and O–H groups in total. The van der Waals surface area contributed by atoms with Crippen molar-refractivity contribution < 1.29 is 48.4 Å². The number of methoxy groups -OCH3 is 1. The maximum Gasteiger partial charge on any atom is 0.469 e. The first kappa shape index (κ1) is 24.1. The molecule has 0 spiro atoms. The molecule has 2 aromatic heterocycles. The zero-order valence-electron chi connectivity index (χ0n) is 17.6. The van der Waals surface area contributed by atoms with Gasteiger partial charge in [-0.05, 0) is 6.07 Å². The highest BCUT2D eigenvalue weighted by molar-refractivity contribution is 7.46. The highest BCUT2D eigenvalue weighted by atomic mass is 31.2. The maximum atomic E-state index is 10.9. The fraction of sp³-hybridized carbons (Fsp3) is 0.389. The molecule has 0 radical (unpaired) electrons. The Balaban J connectivity index is 1.46. The average Bonchev–Trinajstić information content (AvgIpc) is 3.38. The molecule has 34 heavy (non-hydrogen) atoms. The van der Waals surface area contributed by atoms with Gasteiger partial charge in [0.25, 0.3) is 0 Å². The Morgan fingerprint density at radius 2 is 1.97 bits per heavy atom. The van der Waals surface area contributed by atoms with Crippen LogP contribution in [0.15, 0.2) is 24.8 Å². The van der Waals surface area contributed by atoms with Crippen LogP contribution in [-0.4, -0.2) is 83.4 Å². The van der Waals surface area contributed by atoms with E-state index in [2.05, 4.69) is 29.8 Å². The van der Waals surface area contributed by atoms with Gasteiger partial charge in [0.05, 0.1) is 20.0 Å². The van der Waals surface area contributed by atoms with E-state index in [9.17, 15) is 19.9 Å². The SMILES string of the molecule is COc1cc(OC2O[C@H](COP(=O)(O)O)[C@@H](O)[C@H]2O)c(O)cc1CNc1ncnc2nc[nH]c12. The van der Waals surface area contributed by atoms with E-state index in [-0.39, 0.29) is 18.0 Å². The Kier molecular flexibility index (Phi) is 6.86. The third-order valence-electron chi connectivity index (χ3n) is 5.00. The van der Waals surface area contributed by atoms with E-state index in [0.29, 0.717) is 28.3 Å². The standard InChI is InChI=1S/C18H22N5O10P/c1-30-10-3-11(32-18-15(26)14(25)12(33-18)5-31-34(27,28)29)9(24)2-8(10)4-19-16-13-17(21-6-20-13)23-7-22-16/h2-3,6-7,12,14-15,18,24-26H,4-5H2,1H3,(H2,27,28,29)(H2,19,20,21,22,23)/t12-,14-,15-,18?/m1/s1. The van der Waals surface area contributed by atoms with Gasteiger partial charge in [-0.3, -0.25) is 4.52 Å². The van der Waals surface area contributed by atoms with Gasteiger partial charge in [-0.2, -0.15) is 0 Å². The molecule has 184 valence electrons. The maximum absolute atomic E-state index is 10.9. The quantitative estimate of drug-likeness (QED) is 0.186. The van der Waals surface area contributed by atoms with E-state index < -0.39 is 39.0 Å². The molecule has 1 fully saturated rings. The van der Waals surface area contributed by atoms with Crippen molar-refractivity contribution in [1.29, 1.82) is 0 Å². The topological polar surface area (TPSA) is 222 Å². The minimum atomic E-state index is -4.80. The number of aliphatic hydroxyl groups excluding tert-OH is 2. The summed E-state index contributed by atoms with van der Waals surface area (Å²) in [5.74, 6) is 0.382. The van der Waals surface area contributed by atoms with Crippen LogP contribution in [0.25, 0.3) is 11.2 Å². The number of nitrogens with zero attached hydrogens (tertiary/aromatic N) is 3. The fourth-order valence-corrected chi connectivity index (χ4v) is 3.68. The molecular weight excluding hydrogens is 477 g/mol. The number of aromatic hydroxyl groups is 1.